The maximum Gasteiger partial charge on any atom is 0.308 e. The number of nitrogens with one attached hydrogen (secondary N) is 1. The normalized spacial score (nSPS) is 11.0. The molecule has 1 aromatic heterocycles. The fraction of sp³-hybridized carbons (Fsp3) is 0.158. The van der Waals surface area contributed by atoms with Crippen LogP contribution in [0.25, 0.3) is 10.2 Å². The molecule has 0 unspecified atom stereocenters. The van der Waals surface area contributed by atoms with Gasteiger partial charge in [0.2, 0.25) is 0 Å². The van der Waals surface area contributed by atoms with Crippen LogP contribution in [0.5, 0.6) is 11.5 Å². The minimum atomic E-state index is -0.430. The number of para-hydroxylation sites is 1. The molecule has 0 fully saturated rings. The van der Waals surface area contributed by atoms with Crippen LogP contribution in [0.1, 0.15) is 12.5 Å². The second-order valence-corrected chi connectivity index (χ2v) is 9.07. The number of amides is 1. The standard InChI is InChI=1S/C19H16IN3O4S2/c1-11(24)27-18-13(20)7-12(8-15(18)26-2)9-21-23-17(25)10-28-19-22-14-5-3-4-6-16(14)29-19/h3-9H,10H2,1-2H3,(H,23,25)/b21-9-. The topological polar surface area (TPSA) is 89.9 Å². The molecule has 3 rings (SSSR count). The van der Waals surface area contributed by atoms with Gasteiger partial charge in [-0.25, -0.2) is 10.4 Å². The molecule has 0 radical (unpaired) electrons. The average molecular weight is 541 g/mol. The van der Waals surface area contributed by atoms with Crippen molar-refractivity contribution in [3.63, 3.8) is 0 Å². The molecule has 1 N–H and O–H groups in total. The van der Waals surface area contributed by atoms with E-state index in [1.165, 1.54) is 32.0 Å². The fourth-order valence-corrected chi connectivity index (χ4v) is 4.90. The summed E-state index contributed by atoms with van der Waals surface area (Å²) in [6, 6.07) is 11.3. The maximum absolute atomic E-state index is 12.0. The van der Waals surface area contributed by atoms with E-state index in [0.717, 1.165) is 14.6 Å². The van der Waals surface area contributed by atoms with Gasteiger partial charge in [0.15, 0.2) is 15.8 Å². The molecule has 0 bridgehead atoms. The van der Waals surface area contributed by atoms with Gasteiger partial charge in [-0.2, -0.15) is 5.10 Å². The Labute approximate surface area is 189 Å². The molecule has 29 heavy (non-hydrogen) atoms. The second kappa shape index (κ2) is 10.0. The van der Waals surface area contributed by atoms with Crippen LogP contribution >= 0.6 is 45.7 Å². The van der Waals surface area contributed by atoms with E-state index in [1.807, 2.05) is 46.9 Å². The van der Waals surface area contributed by atoms with Crippen molar-refractivity contribution < 1.29 is 19.1 Å². The number of benzene rings is 2. The highest BCUT2D eigenvalue weighted by atomic mass is 127. The van der Waals surface area contributed by atoms with Gasteiger partial charge in [-0.3, -0.25) is 9.59 Å². The van der Waals surface area contributed by atoms with Crippen LogP contribution in [-0.4, -0.2) is 35.9 Å². The van der Waals surface area contributed by atoms with Crippen molar-refractivity contribution >= 4 is 74.0 Å². The van der Waals surface area contributed by atoms with Crippen LogP contribution in [0.3, 0.4) is 0 Å². The van der Waals surface area contributed by atoms with Gasteiger partial charge >= 0.3 is 5.97 Å². The van der Waals surface area contributed by atoms with Crippen molar-refractivity contribution in [3.8, 4) is 11.5 Å². The largest absolute Gasteiger partial charge is 0.493 e. The van der Waals surface area contributed by atoms with E-state index >= 15 is 0 Å². The second-order valence-electron chi connectivity index (χ2n) is 5.66. The highest BCUT2D eigenvalue weighted by Crippen LogP contribution is 2.33. The van der Waals surface area contributed by atoms with Crippen LogP contribution < -0.4 is 14.9 Å². The van der Waals surface area contributed by atoms with Gasteiger partial charge in [0.1, 0.15) is 0 Å². The van der Waals surface area contributed by atoms with Crippen molar-refractivity contribution in [2.75, 3.05) is 12.9 Å². The molecule has 1 amide bonds. The highest BCUT2D eigenvalue weighted by molar-refractivity contribution is 14.1. The number of halogens is 1. The molecule has 2 aromatic carbocycles. The molecule has 10 heteroatoms. The highest BCUT2D eigenvalue weighted by Gasteiger charge is 2.13. The minimum Gasteiger partial charge on any atom is -0.493 e. The molecule has 0 atom stereocenters. The first-order valence-electron chi connectivity index (χ1n) is 8.32. The Bertz CT molecular complexity index is 1050. The fourth-order valence-electron chi connectivity index (χ4n) is 2.31. The number of hydrogen-bond donors (Lipinski definition) is 1. The summed E-state index contributed by atoms with van der Waals surface area (Å²) in [6.45, 7) is 1.33. The number of rotatable bonds is 7. The maximum atomic E-state index is 12.0. The molecule has 7 nitrogen and oxygen atoms in total. The minimum absolute atomic E-state index is 0.212. The molecular formula is C19H16IN3O4S2. The summed E-state index contributed by atoms with van der Waals surface area (Å²) >= 11 is 4.97. The summed E-state index contributed by atoms with van der Waals surface area (Å²) in [7, 11) is 1.49. The van der Waals surface area contributed by atoms with E-state index in [1.54, 1.807) is 23.5 Å². The van der Waals surface area contributed by atoms with Crippen molar-refractivity contribution in [1.29, 1.82) is 0 Å². The number of carbonyl (C=O) groups is 2. The van der Waals surface area contributed by atoms with Crippen molar-refractivity contribution in [2.24, 2.45) is 5.10 Å². The lowest BCUT2D eigenvalue weighted by Gasteiger charge is -2.10. The number of thioether (sulfide) groups is 1. The van der Waals surface area contributed by atoms with Crippen LogP contribution in [0.15, 0.2) is 45.8 Å². The number of hydrogen-bond acceptors (Lipinski definition) is 8. The molecule has 0 aliphatic heterocycles. The van der Waals surface area contributed by atoms with Gasteiger partial charge in [-0.1, -0.05) is 23.9 Å². The molecular weight excluding hydrogens is 525 g/mol. The van der Waals surface area contributed by atoms with Crippen LogP contribution in [-0.2, 0) is 9.59 Å². The number of hydrazone groups is 1. The number of nitrogens with zero attached hydrogens (tertiary/aromatic N) is 2. The zero-order valence-electron chi connectivity index (χ0n) is 15.5. The lowest BCUT2D eigenvalue weighted by molar-refractivity contribution is -0.132. The SMILES string of the molecule is COc1cc(/C=N\NC(=O)CSc2nc3ccccc3s2)cc(I)c1OC(C)=O. The molecule has 0 aliphatic carbocycles. The number of carbonyl (C=O) groups excluding carboxylic acids is 2. The Morgan fingerprint density at radius 1 is 1.34 bits per heavy atom. The van der Waals surface area contributed by atoms with Gasteiger partial charge in [-0.05, 0) is 52.4 Å². The summed E-state index contributed by atoms with van der Waals surface area (Å²) in [5.41, 5.74) is 4.12. The van der Waals surface area contributed by atoms with Crippen molar-refractivity contribution in [2.45, 2.75) is 11.3 Å². The van der Waals surface area contributed by atoms with E-state index in [4.69, 9.17) is 9.47 Å². The summed E-state index contributed by atoms with van der Waals surface area (Å²) in [5.74, 6) is 0.313. The van der Waals surface area contributed by atoms with Gasteiger partial charge in [-0.15, -0.1) is 11.3 Å². The number of aromatic nitrogens is 1. The molecule has 0 aliphatic rings. The number of thiazole rings is 1. The Kier molecular flexibility index (Phi) is 7.45. The third-order valence-corrected chi connectivity index (χ3v) is 6.48. The zero-order chi connectivity index (χ0) is 20.8. The van der Waals surface area contributed by atoms with Gasteiger partial charge < -0.3 is 9.47 Å². The summed E-state index contributed by atoms with van der Waals surface area (Å²) in [4.78, 5) is 27.7. The van der Waals surface area contributed by atoms with E-state index in [0.29, 0.717) is 20.6 Å². The molecule has 0 spiro atoms. The smallest absolute Gasteiger partial charge is 0.308 e. The Morgan fingerprint density at radius 2 is 2.14 bits per heavy atom. The van der Waals surface area contributed by atoms with E-state index in [9.17, 15) is 9.59 Å². The number of esters is 1. The number of ether oxygens (including phenoxy) is 2. The number of methoxy groups -OCH3 is 1. The zero-order valence-corrected chi connectivity index (χ0v) is 19.3. The molecule has 1 heterocycles. The predicted molar refractivity (Wildman–Crippen MR) is 123 cm³/mol. The Hall–Kier alpha value is -2.18. The molecule has 150 valence electrons. The number of fused-ring (bicyclic) bond motifs is 1. The first kappa shape index (κ1) is 21.5. The average Bonchev–Trinajstić information content (AvgIpc) is 3.11. The summed E-state index contributed by atoms with van der Waals surface area (Å²) in [6.07, 6.45) is 1.50. The quantitative estimate of drug-likeness (QED) is 0.121. The van der Waals surface area contributed by atoms with Gasteiger partial charge in [0, 0.05) is 6.92 Å². The third kappa shape index (κ3) is 5.90. The first-order valence-corrected chi connectivity index (χ1v) is 11.2. The van der Waals surface area contributed by atoms with Gasteiger partial charge in [0.05, 0.1) is 32.9 Å². The first-order chi connectivity index (χ1) is 14.0. The summed E-state index contributed by atoms with van der Waals surface area (Å²) < 4.78 is 13.1. The lowest BCUT2D eigenvalue weighted by Crippen LogP contribution is -2.19. The van der Waals surface area contributed by atoms with E-state index in [-0.39, 0.29) is 11.7 Å². The van der Waals surface area contributed by atoms with E-state index < -0.39 is 5.97 Å². The predicted octanol–water partition coefficient (Wildman–Crippen LogP) is 4.08. The van der Waals surface area contributed by atoms with Crippen LogP contribution in [0, 0.1) is 3.57 Å². The van der Waals surface area contributed by atoms with Crippen molar-refractivity contribution in [3.05, 3.63) is 45.5 Å². The molecule has 0 saturated carbocycles. The third-order valence-electron chi connectivity index (χ3n) is 3.50. The molecule has 0 saturated heterocycles. The van der Waals surface area contributed by atoms with E-state index in [2.05, 4.69) is 15.5 Å². The molecule has 3 aromatic rings. The van der Waals surface area contributed by atoms with Crippen molar-refractivity contribution in [1.82, 2.24) is 10.4 Å². The van der Waals surface area contributed by atoms with Crippen LogP contribution in [0.2, 0.25) is 0 Å². The van der Waals surface area contributed by atoms with Gasteiger partial charge in [0.25, 0.3) is 5.91 Å². The monoisotopic (exact) mass is 541 g/mol. The summed E-state index contributed by atoms with van der Waals surface area (Å²) in [5, 5.41) is 3.98. The Morgan fingerprint density at radius 3 is 2.86 bits per heavy atom. The lowest BCUT2D eigenvalue weighted by atomic mass is 10.2. The Balaban J connectivity index is 1.58. The van der Waals surface area contributed by atoms with Crippen LogP contribution in [0.4, 0.5) is 0 Å².